The molecular formula is C18H22BrNO. The van der Waals surface area contributed by atoms with Gasteiger partial charge in [-0.15, -0.1) is 0 Å². The van der Waals surface area contributed by atoms with Crippen LogP contribution in [0.3, 0.4) is 0 Å². The number of rotatable bonds is 5. The Morgan fingerprint density at radius 1 is 1.10 bits per heavy atom. The lowest BCUT2D eigenvalue weighted by molar-refractivity contribution is 0.462. The largest absolute Gasteiger partial charge is 0.457 e. The van der Waals surface area contributed by atoms with Crippen LogP contribution in [-0.4, -0.2) is 6.54 Å². The topological polar surface area (TPSA) is 21.3 Å². The molecule has 2 rings (SSSR count). The van der Waals surface area contributed by atoms with Crippen molar-refractivity contribution in [1.29, 1.82) is 0 Å². The number of halogens is 1. The van der Waals surface area contributed by atoms with E-state index in [2.05, 4.69) is 73.2 Å². The number of aryl methyl sites for hydroxylation is 2. The summed E-state index contributed by atoms with van der Waals surface area (Å²) in [5.41, 5.74) is 3.68. The molecule has 0 amide bonds. The van der Waals surface area contributed by atoms with Gasteiger partial charge < -0.3 is 10.1 Å². The fourth-order valence-corrected chi connectivity index (χ4v) is 2.61. The predicted octanol–water partition coefficient (Wildman–Crippen LogP) is 5.53. The van der Waals surface area contributed by atoms with E-state index in [4.69, 9.17) is 4.74 Å². The molecule has 0 aliphatic carbocycles. The minimum atomic E-state index is 0.254. The van der Waals surface area contributed by atoms with Gasteiger partial charge in [-0.25, -0.2) is 0 Å². The summed E-state index contributed by atoms with van der Waals surface area (Å²) in [6.07, 6.45) is 0. The summed E-state index contributed by atoms with van der Waals surface area (Å²) >= 11 is 3.52. The maximum atomic E-state index is 6.12. The molecule has 1 unspecified atom stereocenters. The van der Waals surface area contributed by atoms with Crippen LogP contribution >= 0.6 is 15.9 Å². The van der Waals surface area contributed by atoms with Crippen LogP contribution in [0.4, 0.5) is 0 Å². The van der Waals surface area contributed by atoms with Gasteiger partial charge in [0.25, 0.3) is 0 Å². The van der Waals surface area contributed by atoms with E-state index in [9.17, 15) is 0 Å². The fourth-order valence-electron chi connectivity index (χ4n) is 2.27. The Balaban J connectivity index is 2.33. The van der Waals surface area contributed by atoms with Crippen molar-refractivity contribution in [3.8, 4) is 11.5 Å². The minimum Gasteiger partial charge on any atom is -0.457 e. The molecule has 0 fully saturated rings. The van der Waals surface area contributed by atoms with Crippen LogP contribution in [0.15, 0.2) is 40.9 Å². The predicted molar refractivity (Wildman–Crippen MR) is 92.2 cm³/mol. The van der Waals surface area contributed by atoms with Gasteiger partial charge in [0.05, 0.1) is 0 Å². The zero-order chi connectivity index (χ0) is 15.4. The highest BCUT2D eigenvalue weighted by molar-refractivity contribution is 9.10. The van der Waals surface area contributed by atoms with Crippen molar-refractivity contribution < 1.29 is 4.74 Å². The normalized spacial score (nSPS) is 12.2. The van der Waals surface area contributed by atoms with Crippen LogP contribution in [0.2, 0.25) is 0 Å². The second-order valence-electron chi connectivity index (χ2n) is 5.31. The molecule has 2 aromatic carbocycles. The molecule has 0 aliphatic heterocycles. The van der Waals surface area contributed by atoms with Gasteiger partial charge in [-0.05, 0) is 62.7 Å². The number of nitrogens with one attached hydrogen (secondary N) is 1. The molecule has 0 saturated heterocycles. The van der Waals surface area contributed by atoms with E-state index in [0.717, 1.165) is 22.5 Å². The molecule has 0 spiro atoms. The van der Waals surface area contributed by atoms with Gasteiger partial charge in [0.15, 0.2) is 0 Å². The van der Waals surface area contributed by atoms with Crippen molar-refractivity contribution in [3.63, 3.8) is 0 Å². The molecule has 0 saturated carbocycles. The van der Waals surface area contributed by atoms with Crippen molar-refractivity contribution in [3.05, 3.63) is 57.6 Å². The van der Waals surface area contributed by atoms with Crippen LogP contribution in [0, 0.1) is 13.8 Å². The molecule has 0 radical (unpaired) electrons. The summed E-state index contributed by atoms with van der Waals surface area (Å²) in [5.74, 6) is 1.77. The molecule has 0 bridgehead atoms. The highest BCUT2D eigenvalue weighted by atomic mass is 79.9. The minimum absolute atomic E-state index is 0.254. The first kappa shape index (κ1) is 16.1. The molecule has 0 aromatic heterocycles. The average Bonchev–Trinajstić information content (AvgIpc) is 2.43. The maximum absolute atomic E-state index is 6.12. The molecule has 21 heavy (non-hydrogen) atoms. The third-order valence-electron chi connectivity index (χ3n) is 3.66. The van der Waals surface area contributed by atoms with Crippen LogP contribution < -0.4 is 10.1 Å². The van der Waals surface area contributed by atoms with Crippen molar-refractivity contribution in [2.45, 2.75) is 33.7 Å². The van der Waals surface area contributed by atoms with Crippen molar-refractivity contribution >= 4 is 15.9 Å². The molecule has 112 valence electrons. The molecule has 0 heterocycles. The SMILES string of the molecule is CCNC(C)c1ccc(Br)cc1Oc1ccc(C)c(C)c1. The van der Waals surface area contributed by atoms with E-state index in [1.54, 1.807) is 0 Å². The molecular weight excluding hydrogens is 326 g/mol. The summed E-state index contributed by atoms with van der Waals surface area (Å²) in [6, 6.07) is 12.6. The van der Waals surface area contributed by atoms with E-state index < -0.39 is 0 Å². The van der Waals surface area contributed by atoms with Gasteiger partial charge >= 0.3 is 0 Å². The van der Waals surface area contributed by atoms with E-state index >= 15 is 0 Å². The first-order chi connectivity index (χ1) is 10.0. The molecule has 3 heteroatoms. The van der Waals surface area contributed by atoms with E-state index in [-0.39, 0.29) is 6.04 Å². The first-order valence-corrected chi connectivity index (χ1v) is 8.08. The maximum Gasteiger partial charge on any atom is 0.133 e. The zero-order valence-corrected chi connectivity index (χ0v) is 14.6. The summed E-state index contributed by atoms with van der Waals surface area (Å²) in [4.78, 5) is 0. The van der Waals surface area contributed by atoms with Gasteiger partial charge in [-0.3, -0.25) is 0 Å². The van der Waals surface area contributed by atoms with Crippen LogP contribution in [-0.2, 0) is 0 Å². The highest BCUT2D eigenvalue weighted by Gasteiger charge is 2.12. The Hall–Kier alpha value is -1.32. The van der Waals surface area contributed by atoms with Gasteiger partial charge in [-0.1, -0.05) is 35.0 Å². The number of hydrogen-bond donors (Lipinski definition) is 1. The monoisotopic (exact) mass is 347 g/mol. The number of ether oxygens (including phenoxy) is 1. The Labute approximate surface area is 135 Å². The zero-order valence-electron chi connectivity index (χ0n) is 13.0. The van der Waals surface area contributed by atoms with Gasteiger partial charge in [-0.2, -0.15) is 0 Å². The summed E-state index contributed by atoms with van der Waals surface area (Å²) in [6.45, 7) is 9.40. The van der Waals surface area contributed by atoms with Crippen LogP contribution in [0.25, 0.3) is 0 Å². The Morgan fingerprint density at radius 3 is 2.52 bits per heavy atom. The number of hydrogen-bond acceptors (Lipinski definition) is 2. The number of benzene rings is 2. The lowest BCUT2D eigenvalue weighted by Crippen LogP contribution is -2.18. The molecule has 2 nitrogen and oxygen atoms in total. The molecule has 0 aliphatic rings. The summed E-state index contributed by atoms with van der Waals surface area (Å²) in [5, 5.41) is 3.43. The summed E-state index contributed by atoms with van der Waals surface area (Å²) < 4.78 is 7.15. The van der Waals surface area contributed by atoms with Gasteiger partial charge in [0, 0.05) is 16.1 Å². The first-order valence-electron chi connectivity index (χ1n) is 7.29. The third-order valence-corrected chi connectivity index (χ3v) is 4.15. The summed E-state index contributed by atoms with van der Waals surface area (Å²) in [7, 11) is 0. The second kappa shape index (κ2) is 7.10. The third kappa shape index (κ3) is 4.08. The Morgan fingerprint density at radius 2 is 1.86 bits per heavy atom. The van der Waals surface area contributed by atoms with Crippen molar-refractivity contribution in [2.75, 3.05) is 6.54 Å². The van der Waals surface area contributed by atoms with Crippen LogP contribution in [0.1, 0.15) is 36.6 Å². The Kier molecular flexibility index (Phi) is 5.43. The second-order valence-corrected chi connectivity index (χ2v) is 6.23. The van der Waals surface area contributed by atoms with Gasteiger partial charge in [0.2, 0.25) is 0 Å². The van der Waals surface area contributed by atoms with E-state index in [0.29, 0.717) is 0 Å². The quantitative estimate of drug-likeness (QED) is 0.767. The smallest absolute Gasteiger partial charge is 0.133 e. The van der Waals surface area contributed by atoms with Crippen molar-refractivity contribution in [1.82, 2.24) is 5.32 Å². The van der Waals surface area contributed by atoms with Crippen molar-refractivity contribution in [2.24, 2.45) is 0 Å². The average molecular weight is 348 g/mol. The lowest BCUT2D eigenvalue weighted by Gasteiger charge is -2.18. The molecule has 2 aromatic rings. The Bertz CT molecular complexity index is 625. The molecule has 1 N–H and O–H groups in total. The van der Waals surface area contributed by atoms with Crippen LogP contribution in [0.5, 0.6) is 11.5 Å². The molecule has 1 atom stereocenters. The van der Waals surface area contributed by atoms with E-state index in [1.165, 1.54) is 16.7 Å². The van der Waals surface area contributed by atoms with Gasteiger partial charge in [0.1, 0.15) is 11.5 Å². The highest BCUT2D eigenvalue weighted by Crippen LogP contribution is 2.33. The lowest BCUT2D eigenvalue weighted by atomic mass is 10.1. The van der Waals surface area contributed by atoms with E-state index in [1.807, 2.05) is 12.1 Å². The fraction of sp³-hybridized carbons (Fsp3) is 0.333. The standard InChI is InChI=1S/C18H22BrNO/c1-5-20-14(4)17-9-7-15(19)11-18(17)21-16-8-6-12(2)13(3)10-16/h6-11,14,20H,5H2,1-4H3.